The van der Waals surface area contributed by atoms with Gasteiger partial charge in [-0.05, 0) is 108 Å². The van der Waals surface area contributed by atoms with Crippen molar-refractivity contribution in [3.05, 3.63) is 117 Å². The van der Waals surface area contributed by atoms with Crippen molar-refractivity contribution >= 4 is 57.3 Å². The predicted octanol–water partition coefficient (Wildman–Crippen LogP) is 7.53. The predicted molar refractivity (Wildman–Crippen MR) is 172 cm³/mol. The van der Waals surface area contributed by atoms with Crippen LogP contribution in [-0.2, 0) is 12.8 Å². The number of hydrogen-bond donors (Lipinski definition) is 4. The van der Waals surface area contributed by atoms with Crippen LogP contribution in [0.4, 0.5) is 22.7 Å². The molecule has 7 heteroatoms. The van der Waals surface area contributed by atoms with E-state index >= 15 is 0 Å². The summed E-state index contributed by atoms with van der Waals surface area (Å²) in [6, 6.07) is 32.2. The third-order valence-electron chi connectivity index (χ3n) is 5.56. The van der Waals surface area contributed by atoms with Gasteiger partial charge in [-0.3, -0.25) is 0 Å². The third-order valence-corrected chi connectivity index (χ3v) is 6.47. The van der Waals surface area contributed by atoms with Crippen molar-refractivity contribution in [3.63, 3.8) is 0 Å². The van der Waals surface area contributed by atoms with Gasteiger partial charge in [-0.25, -0.2) is 9.98 Å². The Morgan fingerprint density at radius 1 is 0.684 bits per heavy atom. The average Bonchev–Trinajstić information content (AvgIpc) is 2.90. The molecule has 0 bridgehead atoms. The van der Waals surface area contributed by atoms with Crippen molar-refractivity contribution in [3.8, 4) is 0 Å². The molecule has 0 spiro atoms. The Balaban J connectivity index is 0.000000211. The molecule has 0 saturated heterocycles. The quantitative estimate of drug-likeness (QED) is 0.102. The van der Waals surface area contributed by atoms with Crippen LogP contribution in [0.5, 0.6) is 0 Å². The molecule has 0 atom stereocenters. The second-order valence-corrected chi connectivity index (χ2v) is 9.80. The summed E-state index contributed by atoms with van der Waals surface area (Å²) in [4.78, 5) is 8.74. The topological polar surface area (TPSA) is 101 Å². The molecule has 0 saturated carbocycles. The van der Waals surface area contributed by atoms with Gasteiger partial charge in [0, 0.05) is 14.9 Å². The Morgan fingerprint density at radius 2 is 1.24 bits per heavy atom. The summed E-state index contributed by atoms with van der Waals surface area (Å²) < 4.78 is 1.08. The first-order valence-corrected chi connectivity index (χ1v) is 13.7. The largest absolute Gasteiger partial charge is 0.369 e. The Labute approximate surface area is 239 Å². The molecule has 6 N–H and O–H groups in total. The lowest BCUT2D eigenvalue weighted by molar-refractivity contribution is 1.14. The molecular formula is C31H35IN6. The Kier molecular flexibility index (Phi) is 11.2. The summed E-state index contributed by atoms with van der Waals surface area (Å²) in [6.45, 7) is 6.29. The summed E-state index contributed by atoms with van der Waals surface area (Å²) in [7, 11) is 0. The molecular weight excluding hydrogens is 583 g/mol. The number of rotatable bonds is 6. The third kappa shape index (κ3) is 9.55. The van der Waals surface area contributed by atoms with Gasteiger partial charge in [0.2, 0.25) is 0 Å². The van der Waals surface area contributed by atoms with Crippen LogP contribution in [0, 0.1) is 10.5 Å². The van der Waals surface area contributed by atoms with Crippen molar-refractivity contribution in [2.75, 3.05) is 10.6 Å². The van der Waals surface area contributed by atoms with Crippen LogP contribution in [0.25, 0.3) is 0 Å². The van der Waals surface area contributed by atoms with E-state index in [0.717, 1.165) is 39.2 Å². The van der Waals surface area contributed by atoms with Crippen molar-refractivity contribution in [1.29, 1.82) is 0 Å². The van der Waals surface area contributed by atoms with Gasteiger partial charge in [0.25, 0.3) is 0 Å². The molecule has 0 radical (unpaired) electrons. The molecule has 0 fully saturated rings. The van der Waals surface area contributed by atoms with Crippen LogP contribution in [-0.4, -0.2) is 11.9 Å². The molecule has 38 heavy (non-hydrogen) atoms. The summed E-state index contributed by atoms with van der Waals surface area (Å²) in [5, 5.41) is 6.23. The minimum atomic E-state index is 0.400. The van der Waals surface area contributed by atoms with Crippen LogP contribution in [0.3, 0.4) is 0 Å². The number of aryl methyl sites for hydroxylation is 3. The van der Waals surface area contributed by atoms with Crippen molar-refractivity contribution in [2.45, 2.75) is 33.6 Å². The normalized spacial score (nSPS) is 11.4. The van der Waals surface area contributed by atoms with E-state index in [9.17, 15) is 0 Å². The van der Waals surface area contributed by atoms with Gasteiger partial charge in [0.15, 0.2) is 11.9 Å². The molecule has 6 nitrogen and oxygen atoms in total. The number of guanidine groups is 2. The first-order valence-electron chi connectivity index (χ1n) is 12.6. The van der Waals surface area contributed by atoms with Crippen molar-refractivity contribution in [1.82, 2.24) is 0 Å². The molecule has 0 aromatic heterocycles. The van der Waals surface area contributed by atoms with Gasteiger partial charge >= 0.3 is 0 Å². The van der Waals surface area contributed by atoms with Crippen LogP contribution < -0.4 is 22.1 Å². The maximum atomic E-state index is 5.93. The molecule has 0 aliphatic heterocycles. The molecule has 0 amide bonds. The first-order chi connectivity index (χ1) is 18.4. The molecule has 4 aromatic carbocycles. The summed E-state index contributed by atoms with van der Waals surface area (Å²) in [6.07, 6.45) is 2.01. The van der Waals surface area contributed by atoms with Gasteiger partial charge < -0.3 is 22.1 Å². The summed E-state index contributed by atoms with van der Waals surface area (Å²) in [5.74, 6) is 0.802. The van der Waals surface area contributed by atoms with Gasteiger partial charge in [-0.1, -0.05) is 62.4 Å². The standard InChI is InChI=1S/C16H19N3.C15H16IN3/c1-3-13-7-5-9-15(11-13)19-16(17)18-14-8-4-6-12(2)10-14;1-2-11-6-5-7-12(10-11)18-15(17)19-14-9-4-3-8-13(14)16/h4-11H,3H2,1-2H3,(H3,17,18,19);3-10H,2H2,1H3,(H3,17,18,19). The van der Waals surface area contributed by atoms with Gasteiger partial charge in [-0.15, -0.1) is 0 Å². The van der Waals surface area contributed by atoms with Gasteiger partial charge in [-0.2, -0.15) is 0 Å². The number of benzene rings is 4. The SMILES string of the molecule is CCc1cccc(NC(N)=Nc2cccc(C)c2)c1.CCc1cccc(NC(N)=Nc2ccccc2I)c1. The molecule has 0 heterocycles. The fraction of sp³-hybridized carbons (Fsp3) is 0.161. The fourth-order valence-corrected chi connectivity index (χ4v) is 4.11. The fourth-order valence-electron chi connectivity index (χ4n) is 3.60. The van der Waals surface area contributed by atoms with E-state index in [1.807, 2.05) is 79.7 Å². The van der Waals surface area contributed by atoms with Gasteiger partial charge in [0.1, 0.15) is 0 Å². The zero-order chi connectivity index (χ0) is 27.3. The van der Waals surface area contributed by atoms with Crippen LogP contribution >= 0.6 is 22.6 Å². The zero-order valence-corrected chi connectivity index (χ0v) is 24.2. The van der Waals surface area contributed by atoms with E-state index in [2.05, 4.69) is 81.3 Å². The Hall–Kier alpha value is -3.85. The van der Waals surface area contributed by atoms with E-state index in [-0.39, 0.29) is 0 Å². The Morgan fingerprint density at radius 3 is 1.79 bits per heavy atom. The summed E-state index contributed by atoms with van der Waals surface area (Å²) >= 11 is 2.25. The van der Waals surface area contributed by atoms with E-state index in [0.29, 0.717) is 11.9 Å². The zero-order valence-electron chi connectivity index (χ0n) is 22.1. The van der Waals surface area contributed by atoms with E-state index in [1.54, 1.807) is 0 Å². The molecule has 0 unspecified atom stereocenters. The molecule has 0 aliphatic rings. The number of aliphatic imine (C=N–C) groups is 2. The second kappa shape index (κ2) is 14.8. The van der Waals surface area contributed by atoms with Crippen LogP contribution in [0.2, 0.25) is 0 Å². The highest BCUT2D eigenvalue weighted by atomic mass is 127. The maximum Gasteiger partial charge on any atom is 0.198 e. The highest BCUT2D eigenvalue weighted by Crippen LogP contribution is 2.20. The number of nitrogens with one attached hydrogen (secondary N) is 2. The lowest BCUT2D eigenvalue weighted by Gasteiger charge is -2.07. The number of hydrogen-bond acceptors (Lipinski definition) is 2. The minimum Gasteiger partial charge on any atom is -0.369 e. The molecule has 196 valence electrons. The minimum absolute atomic E-state index is 0.400. The van der Waals surface area contributed by atoms with Crippen molar-refractivity contribution in [2.24, 2.45) is 21.5 Å². The van der Waals surface area contributed by atoms with E-state index in [4.69, 9.17) is 11.5 Å². The van der Waals surface area contributed by atoms with E-state index in [1.165, 1.54) is 16.7 Å². The Bertz CT molecular complexity index is 1400. The lowest BCUT2D eigenvalue weighted by Crippen LogP contribution is -2.22. The lowest BCUT2D eigenvalue weighted by atomic mass is 10.1. The molecule has 4 rings (SSSR count). The number of nitrogens with zero attached hydrogens (tertiary/aromatic N) is 2. The number of halogens is 1. The second-order valence-electron chi connectivity index (χ2n) is 8.64. The highest BCUT2D eigenvalue weighted by Gasteiger charge is 2.00. The number of nitrogens with two attached hydrogens (primary N) is 2. The monoisotopic (exact) mass is 618 g/mol. The first kappa shape index (κ1) is 28.7. The van der Waals surface area contributed by atoms with E-state index < -0.39 is 0 Å². The van der Waals surface area contributed by atoms with Crippen LogP contribution in [0.15, 0.2) is 107 Å². The highest BCUT2D eigenvalue weighted by molar-refractivity contribution is 14.1. The number of para-hydroxylation sites is 1. The summed E-state index contributed by atoms with van der Waals surface area (Å²) in [5.41, 5.74) is 19.2. The van der Waals surface area contributed by atoms with Gasteiger partial charge in [0.05, 0.1) is 11.4 Å². The van der Waals surface area contributed by atoms with Crippen LogP contribution in [0.1, 0.15) is 30.5 Å². The smallest absolute Gasteiger partial charge is 0.198 e. The maximum absolute atomic E-state index is 5.93. The number of anilines is 2. The molecule has 4 aromatic rings. The van der Waals surface area contributed by atoms with Crippen molar-refractivity contribution < 1.29 is 0 Å². The molecule has 0 aliphatic carbocycles. The average molecular weight is 619 g/mol.